The molecule has 0 radical (unpaired) electrons. The van der Waals surface area contributed by atoms with Gasteiger partial charge in [-0.1, -0.05) is 0 Å². The van der Waals surface area contributed by atoms with Crippen LogP contribution in [0.1, 0.15) is 5.69 Å². The minimum atomic E-state index is -3.10. The fourth-order valence-corrected chi connectivity index (χ4v) is 3.40. The third-order valence-electron chi connectivity index (χ3n) is 2.37. The lowest BCUT2D eigenvalue weighted by Gasteiger charge is -2.20. The second-order valence-corrected chi connectivity index (χ2v) is 6.48. The maximum atomic E-state index is 11.6. The summed E-state index contributed by atoms with van der Waals surface area (Å²) in [6, 6.07) is 1.45. The summed E-state index contributed by atoms with van der Waals surface area (Å²) in [4.78, 5) is 11.6. The van der Waals surface area contributed by atoms with Crippen LogP contribution in [0.4, 0.5) is 5.69 Å². The fourth-order valence-electron chi connectivity index (χ4n) is 1.60. The zero-order valence-corrected chi connectivity index (χ0v) is 10.1. The minimum absolute atomic E-state index is 0.00417. The van der Waals surface area contributed by atoms with E-state index in [0.717, 1.165) is 0 Å². The maximum absolute atomic E-state index is 11.6. The first-order chi connectivity index (χ1) is 6.91. The van der Waals surface area contributed by atoms with E-state index in [-0.39, 0.29) is 23.6 Å². The third kappa shape index (κ3) is 1.81. The number of hydrogen-bond donors (Lipinski definition) is 1. The Kier molecular flexibility index (Phi) is 2.38. The highest BCUT2D eigenvalue weighted by Gasteiger charge is 2.24. The average Bonchev–Trinajstić information content (AvgIpc) is 2.13. The van der Waals surface area contributed by atoms with Gasteiger partial charge in [-0.15, -0.1) is 0 Å². The smallest absolute Gasteiger partial charge is 0.265 e. The van der Waals surface area contributed by atoms with Gasteiger partial charge in [0.15, 0.2) is 9.84 Å². The van der Waals surface area contributed by atoms with E-state index < -0.39 is 9.84 Å². The summed E-state index contributed by atoms with van der Waals surface area (Å²) in [6.07, 6.45) is 0. The molecule has 5 nitrogen and oxygen atoms in total. The van der Waals surface area contributed by atoms with Gasteiger partial charge in [-0.3, -0.25) is 4.79 Å². The van der Waals surface area contributed by atoms with Crippen molar-refractivity contribution in [1.82, 2.24) is 4.57 Å². The summed E-state index contributed by atoms with van der Waals surface area (Å²) >= 11 is 3.09. The summed E-state index contributed by atoms with van der Waals surface area (Å²) in [5.41, 5.74) is 6.19. The normalized spacial score (nSPS) is 18.5. The number of nitrogens with zero attached hydrogens (tertiary/aromatic N) is 1. The summed E-state index contributed by atoms with van der Waals surface area (Å²) in [5.74, 6) is -0.156. The monoisotopic (exact) mass is 292 g/mol. The summed E-state index contributed by atoms with van der Waals surface area (Å²) < 4.78 is 24.5. The van der Waals surface area contributed by atoms with Gasteiger partial charge in [0.25, 0.3) is 5.56 Å². The van der Waals surface area contributed by atoms with Crippen LogP contribution in [0.25, 0.3) is 0 Å². The van der Waals surface area contributed by atoms with E-state index in [1.807, 2.05) is 0 Å². The van der Waals surface area contributed by atoms with E-state index in [1.165, 1.54) is 10.6 Å². The predicted molar refractivity (Wildman–Crippen MR) is 60.3 cm³/mol. The van der Waals surface area contributed by atoms with Crippen LogP contribution >= 0.6 is 15.9 Å². The van der Waals surface area contributed by atoms with Crippen molar-refractivity contribution < 1.29 is 8.42 Å². The molecular weight excluding hydrogens is 284 g/mol. The number of pyridine rings is 1. The molecule has 15 heavy (non-hydrogen) atoms. The van der Waals surface area contributed by atoms with Crippen LogP contribution in [0.2, 0.25) is 0 Å². The van der Waals surface area contributed by atoms with Crippen molar-refractivity contribution in [3.8, 4) is 0 Å². The Hall–Kier alpha value is -0.820. The number of anilines is 1. The van der Waals surface area contributed by atoms with Crippen LogP contribution in [-0.4, -0.2) is 18.7 Å². The van der Waals surface area contributed by atoms with E-state index >= 15 is 0 Å². The first kappa shape index (κ1) is 10.7. The molecule has 1 aromatic rings. The van der Waals surface area contributed by atoms with Crippen LogP contribution in [0.3, 0.4) is 0 Å². The molecule has 1 aliphatic rings. The number of halogens is 1. The second-order valence-electron chi connectivity index (χ2n) is 3.44. The Morgan fingerprint density at radius 2 is 2.13 bits per heavy atom. The molecule has 0 fully saturated rings. The van der Waals surface area contributed by atoms with Crippen molar-refractivity contribution in [2.75, 3.05) is 11.5 Å². The lowest BCUT2D eigenvalue weighted by atomic mass is 10.3. The SMILES string of the molecule is Nc1cc(Br)c(=O)n2c1CS(=O)(=O)CC2. The molecule has 0 spiro atoms. The van der Waals surface area contributed by atoms with Crippen molar-refractivity contribution in [2.24, 2.45) is 0 Å². The van der Waals surface area contributed by atoms with Gasteiger partial charge >= 0.3 is 0 Å². The highest BCUT2D eigenvalue weighted by Crippen LogP contribution is 2.21. The second kappa shape index (κ2) is 3.34. The van der Waals surface area contributed by atoms with Crippen LogP contribution in [0.5, 0.6) is 0 Å². The van der Waals surface area contributed by atoms with Gasteiger partial charge in [0, 0.05) is 6.54 Å². The quantitative estimate of drug-likeness (QED) is 0.736. The van der Waals surface area contributed by atoms with E-state index in [2.05, 4.69) is 15.9 Å². The molecule has 0 unspecified atom stereocenters. The van der Waals surface area contributed by atoms with Gasteiger partial charge in [0.1, 0.15) is 0 Å². The first-order valence-electron chi connectivity index (χ1n) is 4.29. The molecule has 82 valence electrons. The third-order valence-corrected chi connectivity index (χ3v) is 4.46. The molecule has 2 N–H and O–H groups in total. The van der Waals surface area contributed by atoms with Crippen molar-refractivity contribution in [3.05, 3.63) is 26.6 Å². The Morgan fingerprint density at radius 3 is 2.80 bits per heavy atom. The lowest BCUT2D eigenvalue weighted by molar-refractivity contribution is 0.568. The van der Waals surface area contributed by atoms with Gasteiger partial charge in [-0.05, 0) is 22.0 Å². The van der Waals surface area contributed by atoms with Gasteiger partial charge in [0.05, 0.1) is 27.4 Å². The fraction of sp³-hybridized carbons (Fsp3) is 0.375. The molecule has 1 aliphatic heterocycles. The molecule has 7 heteroatoms. The minimum Gasteiger partial charge on any atom is -0.397 e. The molecular formula is C8H9BrN2O3S. The van der Waals surface area contributed by atoms with E-state index in [9.17, 15) is 13.2 Å². The highest BCUT2D eigenvalue weighted by atomic mass is 79.9. The Morgan fingerprint density at radius 1 is 1.47 bits per heavy atom. The van der Waals surface area contributed by atoms with Gasteiger partial charge < -0.3 is 10.3 Å². The molecule has 1 aromatic heterocycles. The number of hydrogen-bond acceptors (Lipinski definition) is 4. The molecule has 0 aliphatic carbocycles. The number of nitrogens with two attached hydrogens (primary N) is 1. The maximum Gasteiger partial charge on any atom is 0.265 e. The number of nitrogen functional groups attached to an aromatic ring is 1. The van der Waals surface area contributed by atoms with Crippen LogP contribution in [-0.2, 0) is 22.1 Å². The Bertz CT molecular complexity index is 576. The number of sulfone groups is 1. The van der Waals surface area contributed by atoms with Crippen LogP contribution in [0.15, 0.2) is 15.3 Å². The lowest BCUT2D eigenvalue weighted by Crippen LogP contribution is -2.34. The zero-order valence-electron chi connectivity index (χ0n) is 7.73. The zero-order chi connectivity index (χ0) is 11.2. The van der Waals surface area contributed by atoms with Crippen molar-refractivity contribution >= 4 is 31.5 Å². The molecule has 0 bridgehead atoms. The number of aromatic nitrogens is 1. The molecule has 0 aromatic carbocycles. The number of rotatable bonds is 0. The van der Waals surface area contributed by atoms with Crippen LogP contribution < -0.4 is 11.3 Å². The largest absolute Gasteiger partial charge is 0.397 e. The van der Waals surface area contributed by atoms with E-state index in [4.69, 9.17) is 5.73 Å². The van der Waals surface area contributed by atoms with Crippen molar-refractivity contribution in [2.45, 2.75) is 12.3 Å². The van der Waals surface area contributed by atoms with E-state index in [1.54, 1.807) is 0 Å². The summed E-state index contributed by atoms with van der Waals surface area (Å²) in [5, 5.41) is 0. The highest BCUT2D eigenvalue weighted by molar-refractivity contribution is 9.10. The van der Waals surface area contributed by atoms with Gasteiger partial charge in [-0.2, -0.15) is 0 Å². The molecule has 0 saturated heterocycles. The molecule has 0 amide bonds. The molecule has 0 saturated carbocycles. The standard InChI is InChI=1S/C8H9BrN2O3S/c9-5-3-6(10)7-4-15(13,14)2-1-11(7)8(5)12/h3H,1-2,4,10H2. The predicted octanol–water partition coefficient (Wildman–Crippen LogP) is 0.121. The van der Waals surface area contributed by atoms with Crippen molar-refractivity contribution in [1.29, 1.82) is 0 Å². The van der Waals surface area contributed by atoms with Gasteiger partial charge in [0.2, 0.25) is 0 Å². The van der Waals surface area contributed by atoms with Crippen LogP contribution in [0, 0.1) is 0 Å². The Labute approximate surface area is 94.9 Å². The van der Waals surface area contributed by atoms with E-state index in [0.29, 0.717) is 15.9 Å². The summed E-state index contributed by atoms with van der Waals surface area (Å²) in [6.45, 7) is 0.181. The molecule has 2 heterocycles. The van der Waals surface area contributed by atoms with Crippen molar-refractivity contribution in [3.63, 3.8) is 0 Å². The summed E-state index contributed by atoms with van der Waals surface area (Å²) in [7, 11) is -3.10. The Balaban J connectivity index is 2.72. The first-order valence-corrected chi connectivity index (χ1v) is 6.90. The average molecular weight is 293 g/mol. The molecule has 2 rings (SSSR count). The number of fused-ring (bicyclic) bond motifs is 1. The van der Waals surface area contributed by atoms with Gasteiger partial charge in [-0.25, -0.2) is 8.42 Å². The topological polar surface area (TPSA) is 82.2 Å². The molecule has 0 atom stereocenters.